The number of aromatic nitrogens is 4. The maximum Gasteiger partial charge on any atom is 0.123 e. The molecule has 3 heterocycles. The predicted molar refractivity (Wildman–Crippen MR) is 150 cm³/mol. The highest BCUT2D eigenvalue weighted by Crippen LogP contribution is 2.29. The molecule has 3 aromatic carbocycles. The van der Waals surface area contributed by atoms with Crippen molar-refractivity contribution in [1.82, 2.24) is 30.6 Å². The molecule has 6 rings (SSSR count). The van der Waals surface area contributed by atoms with Gasteiger partial charge in [0.15, 0.2) is 0 Å². The molecule has 6 heteroatoms. The Labute approximate surface area is 217 Å². The van der Waals surface area contributed by atoms with Crippen LogP contribution in [0.1, 0.15) is 37.0 Å². The highest BCUT2D eigenvalue weighted by atomic mass is 15.0. The summed E-state index contributed by atoms with van der Waals surface area (Å²) < 4.78 is 0. The Morgan fingerprint density at radius 3 is 2.30 bits per heavy atom. The highest BCUT2D eigenvalue weighted by Gasteiger charge is 2.19. The largest absolute Gasteiger partial charge is 0.341 e. The smallest absolute Gasteiger partial charge is 0.123 e. The Hall–Kier alpha value is -4.18. The van der Waals surface area contributed by atoms with Gasteiger partial charge in [0, 0.05) is 13.0 Å². The minimum atomic E-state index is 0.351. The number of H-pyrrole nitrogens is 2. The standard InChI is InChI=1S/C31H30N6/c1-2-3-16-32-20-30-35-26-15-14-25(18-28(26)36-30)23-8-6-21(7-9-23)22-10-12-24(13-11-22)29-19-34-31(37-29)27-5-4-17-33-27/h1,6-15,18-19,27,32-33H,3-5,16-17,20H2,(H,34,37)(H,35,36)/t27-/m0/s1. The summed E-state index contributed by atoms with van der Waals surface area (Å²) in [6, 6.07) is 24.1. The molecule has 0 unspecified atom stereocenters. The Kier molecular flexibility index (Phi) is 6.55. The van der Waals surface area contributed by atoms with E-state index in [4.69, 9.17) is 6.42 Å². The number of nitrogens with one attached hydrogen (secondary N) is 4. The normalized spacial score (nSPS) is 15.3. The number of hydrogen-bond acceptors (Lipinski definition) is 4. The summed E-state index contributed by atoms with van der Waals surface area (Å²) in [6.07, 6.45) is 10.3. The van der Waals surface area contributed by atoms with Gasteiger partial charge >= 0.3 is 0 Å². The molecule has 37 heavy (non-hydrogen) atoms. The first-order valence-corrected chi connectivity index (χ1v) is 12.9. The van der Waals surface area contributed by atoms with Crippen LogP contribution >= 0.6 is 0 Å². The van der Waals surface area contributed by atoms with Gasteiger partial charge in [0.25, 0.3) is 0 Å². The van der Waals surface area contributed by atoms with Crippen LogP contribution in [0.25, 0.3) is 44.5 Å². The first kappa shape index (κ1) is 23.2. The molecule has 0 aliphatic carbocycles. The molecular formula is C31H30N6. The van der Waals surface area contributed by atoms with E-state index in [0.29, 0.717) is 19.0 Å². The fourth-order valence-corrected chi connectivity index (χ4v) is 4.97. The number of hydrogen-bond donors (Lipinski definition) is 4. The van der Waals surface area contributed by atoms with Crippen LogP contribution in [0.5, 0.6) is 0 Å². The minimum absolute atomic E-state index is 0.351. The molecule has 6 nitrogen and oxygen atoms in total. The second-order valence-corrected chi connectivity index (χ2v) is 9.53. The van der Waals surface area contributed by atoms with Crippen molar-refractivity contribution >= 4 is 11.0 Å². The summed E-state index contributed by atoms with van der Waals surface area (Å²) in [4.78, 5) is 16.2. The topological polar surface area (TPSA) is 81.4 Å². The Morgan fingerprint density at radius 2 is 1.59 bits per heavy atom. The second-order valence-electron chi connectivity index (χ2n) is 9.53. The van der Waals surface area contributed by atoms with Crippen LogP contribution in [-0.4, -0.2) is 33.0 Å². The van der Waals surface area contributed by atoms with Crippen LogP contribution in [0.15, 0.2) is 72.9 Å². The van der Waals surface area contributed by atoms with E-state index in [0.717, 1.165) is 59.0 Å². The first-order chi connectivity index (χ1) is 18.3. The second kappa shape index (κ2) is 10.4. The summed E-state index contributed by atoms with van der Waals surface area (Å²) in [7, 11) is 0. The Balaban J connectivity index is 1.15. The summed E-state index contributed by atoms with van der Waals surface area (Å²) >= 11 is 0. The molecule has 0 amide bonds. The fourth-order valence-electron chi connectivity index (χ4n) is 4.97. The zero-order chi connectivity index (χ0) is 25.0. The molecule has 5 aromatic rings. The summed E-state index contributed by atoms with van der Waals surface area (Å²) in [6.45, 7) is 2.54. The van der Waals surface area contributed by atoms with Crippen LogP contribution in [0, 0.1) is 12.3 Å². The fraction of sp³-hybridized carbons (Fsp3) is 0.226. The number of aromatic amines is 2. The van der Waals surface area contributed by atoms with Crippen molar-refractivity contribution in [2.24, 2.45) is 0 Å². The number of rotatable bonds is 8. The third-order valence-electron chi connectivity index (χ3n) is 7.00. The highest BCUT2D eigenvalue weighted by molar-refractivity contribution is 5.82. The number of nitrogens with zero attached hydrogens (tertiary/aromatic N) is 2. The van der Waals surface area contributed by atoms with Crippen molar-refractivity contribution in [2.75, 3.05) is 13.1 Å². The van der Waals surface area contributed by atoms with E-state index in [1.165, 1.54) is 23.1 Å². The SMILES string of the molecule is C#CCCNCc1nc2ccc(-c3ccc(-c4ccc(-c5cnc([C@@H]6CCCN6)[nH]5)cc4)cc3)cc2[nH]1. The molecule has 0 bridgehead atoms. The zero-order valence-corrected chi connectivity index (χ0v) is 20.7. The molecule has 1 fully saturated rings. The lowest BCUT2D eigenvalue weighted by atomic mass is 9.99. The van der Waals surface area contributed by atoms with Gasteiger partial charge in [-0.2, -0.15) is 0 Å². The molecule has 2 aromatic heterocycles. The maximum atomic E-state index is 5.31. The van der Waals surface area contributed by atoms with E-state index in [1.54, 1.807) is 0 Å². The van der Waals surface area contributed by atoms with Crippen LogP contribution in [0.4, 0.5) is 0 Å². The predicted octanol–water partition coefficient (Wildman–Crippen LogP) is 5.82. The Bertz CT molecular complexity index is 1530. The third kappa shape index (κ3) is 5.05. The van der Waals surface area contributed by atoms with E-state index in [-0.39, 0.29) is 0 Å². The van der Waals surface area contributed by atoms with Crippen molar-refractivity contribution < 1.29 is 0 Å². The van der Waals surface area contributed by atoms with Crippen LogP contribution in [0.3, 0.4) is 0 Å². The van der Waals surface area contributed by atoms with Gasteiger partial charge in [-0.3, -0.25) is 0 Å². The van der Waals surface area contributed by atoms with Gasteiger partial charge in [-0.15, -0.1) is 12.3 Å². The molecule has 0 spiro atoms. The number of imidazole rings is 2. The van der Waals surface area contributed by atoms with E-state index in [9.17, 15) is 0 Å². The van der Waals surface area contributed by atoms with Gasteiger partial charge in [-0.25, -0.2) is 9.97 Å². The van der Waals surface area contributed by atoms with E-state index < -0.39 is 0 Å². The lowest BCUT2D eigenvalue weighted by Crippen LogP contribution is -2.14. The van der Waals surface area contributed by atoms with Crippen LogP contribution < -0.4 is 10.6 Å². The van der Waals surface area contributed by atoms with Gasteiger partial charge in [0.1, 0.15) is 11.6 Å². The van der Waals surface area contributed by atoms with Gasteiger partial charge in [0.05, 0.1) is 35.5 Å². The van der Waals surface area contributed by atoms with Crippen molar-refractivity contribution in [3.63, 3.8) is 0 Å². The molecule has 1 aliphatic rings. The minimum Gasteiger partial charge on any atom is -0.341 e. The molecule has 1 aliphatic heterocycles. The van der Waals surface area contributed by atoms with Gasteiger partial charge in [-0.05, 0) is 59.3 Å². The molecule has 1 saturated heterocycles. The van der Waals surface area contributed by atoms with Gasteiger partial charge < -0.3 is 20.6 Å². The van der Waals surface area contributed by atoms with Crippen LogP contribution in [-0.2, 0) is 6.54 Å². The average Bonchev–Trinajstić information content (AvgIpc) is 3.71. The monoisotopic (exact) mass is 486 g/mol. The van der Waals surface area contributed by atoms with Crippen LogP contribution in [0.2, 0.25) is 0 Å². The molecule has 184 valence electrons. The van der Waals surface area contributed by atoms with E-state index in [2.05, 4.69) is 103 Å². The molecule has 4 N–H and O–H groups in total. The average molecular weight is 487 g/mol. The quantitative estimate of drug-likeness (QED) is 0.164. The first-order valence-electron chi connectivity index (χ1n) is 12.9. The number of fused-ring (bicyclic) bond motifs is 1. The maximum absolute atomic E-state index is 5.31. The summed E-state index contributed by atoms with van der Waals surface area (Å²) in [5.41, 5.74) is 8.95. The van der Waals surface area contributed by atoms with Gasteiger partial charge in [-0.1, -0.05) is 54.6 Å². The molecule has 1 atom stereocenters. The van der Waals surface area contributed by atoms with Crippen molar-refractivity contribution in [2.45, 2.75) is 31.8 Å². The number of terminal acetylenes is 1. The Morgan fingerprint density at radius 1 is 0.892 bits per heavy atom. The molecule has 0 radical (unpaired) electrons. The lowest BCUT2D eigenvalue weighted by Gasteiger charge is -2.07. The summed E-state index contributed by atoms with van der Waals surface area (Å²) in [5, 5.41) is 6.81. The van der Waals surface area contributed by atoms with E-state index >= 15 is 0 Å². The van der Waals surface area contributed by atoms with Crippen molar-refractivity contribution in [3.05, 3.63) is 84.6 Å². The molecular weight excluding hydrogens is 456 g/mol. The third-order valence-corrected chi connectivity index (χ3v) is 7.00. The zero-order valence-electron chi connectivity index (χ0n) is 20.7. The molecule has 0 saturated carbocycles. The van der Waals surface area contributed by atoms with Crippen molar-refractivity contribution in [1.29, 1.82) is 0 Å². The summed E-state index contributed by atoms with van der Waals surface area (Å²) in [5.74, 6) is 4.60. The van der Waals surface area contributed by atoms with Gasteiger partial charge in [0.2, 0.25) is 0 Å². The van der Waals surface area contributed by atoms with Crippen molar-refractivity contribution in [3.8, 4) is 45.9 Å². The number of benzene rings is 3. The van der Waals surface area contributed by atoms with E-state index in [1.807, 2.05) is 6.20 Å². The lowest BCUT2D eigenvalue weighted by molar-refractivity contribution is 0.613.